The van der Waals surface area contributed by atoms with Crippen molar-refractivity contribution in [1.29, 1.82) is 0 Å². The smallest absolute Gasteiger partial charge is 0.258 e. The van der Waals surface area contributed by atoms with E-state index in [9.17, 15) is 18.5 Å². The van der Waals surface area contributed by atoms with E-state index in [0.29, 0.717) is 5.56 Å². The molecule has 1 aliphatic carbocycles. The van der Waals surface area contributed by atoms with E-state index in [0.717, 1.165) is 18.1 Å². The van der Waals surface area contributed by atoms with Gasteiger partial charge in [-0.15, -0.1) is 0 Å². The summed E-state index contributed by atoms with van der Waals surface area (Å²) >= 11 is 0. The number of nitrogens with one attached hydrogen (secondary N) is 1. The minimum Gasteiger partial charge on any atom is -0.258 e. The average Bonchev–Trinajstić information content (AvgIpc) is 3.26. The van der Waals surface area contributed by atoms with Crippen LogP contribution in [0.4, 0.5) is 5.69 Å². The number of aryl methyl sites for hydroxylation is 1. The van der Waals surface area contributed by atoms with Crippen LogP contribution in [-0.4, -0.2) is 19.4 Å². The molecule has 0 aliphatic heterocycles. The molecule has 1 N–H and O–H groups in total. The lowest BCUT2D eigenvalue weighted by Crippen LogP contribution is -2.27. The Morgan fingerprint density at radius 3 is 2.52 bits per heavy atom. The van der Waals surface area contributed by atoms with E-state index in [4.69, 9.17) is 0 Å². The lowest BCUT2D eigenvalue weighted by Gasteiger charge is -2.09. The molecule has 0 spiro atoms. The predicted octanol–water partition coefficient (Wildman–Crippen LogP) is 2.74. The van der Waals surface area contributed by atoms with E-state index in [1.54, 1.807) is 6.92 Å². The van der Waals surface area contributed by atoms with Crippen LogP contribution in [0.25, 0.3) is 0 Å². The van der Waals surface area contributed by atoms with Gasteiger partial charge in [-0.3, -0.25) is 10.1 Å². The maximum absolute atomic E-state index is 12.5. The van der Waals surface area contributed by atoms with E-state index >= 15 is 0 Å². The molecule has 23 heavy (non-hydrogen) atoms. The number of nitro groups is 1. The number of hydrogen-bond donors (Lipinski definition) is 1. The molecule has 0 amide bonds. The molecule has 0 bridgehead atoms. The standard InChI is InChI=1S/C16H16N2O4S/c1-11-7-8-13(18(19)20)9-16(11)23(21,22)17-15-10-14(15)12-5-3-2-4-6-12/h2-9,14-15,17H,10H2,1H3/t14-,15-/m1/s1. The van der Waals surface area contributed by atoms with Crippen molar-refractivity contribution in [2.24, 2.45) is 0 Å². The third-order valence-electron chi connectivity index (χ3n) is 4.00. The Hall–Kier alpha value is -2.25. The molecule has 7 heteroatoms. The minimum atomic E-state index is -3.78. The Kier molecular flexibility index (Phi) is 3.91. The number of sulfonamides is 1. The van der Waals surface area contributed by atoms with Crippen molar-refractivity contribution >= 4 is 15.7 Å². The van der Waals surface area contributed by atoms with Gasteiger partial charge in [0, 0.05) is 24.1 Å². The number of rotatable bonds is 5. The van der Waals surface area contributed by atoms with E-state index in [1.807, 2.05) is 30.3 Å². The maximum atomic E-state index is 12.5. The molecule has 2 aromatic carbocycles. The summed E-state index contributed by atoms with van der Waals surface area (Å²) in [4.78, 5) is 10.2. The summed E-state index contributed by atoms with van der Waals surface area (Å²) in [7, 11) is -3.78. The molecule has 2 atom stereocenters. The van der Waals surface area contributed by atoms with Crippen molar-refractivity contribution in [2.75, 3.05) is 0 Å². The second-order valence-corrected chi connectivity index (χ2v) is 7.37. The summed E-state index contributed by atoms with van der Waals surface area (Å²) in [5.41, 5.74) is 1.35. The first-order chi connectivity index (χ1) is 10.9. The van der Waals surface area contributed by atoms with E-state index in [1.165, 1.54) is 12.1 Å². The Labute approximate surface area is 134 Å². The molecule has 0 heterocycles. The number of nitrogens with zero attached hydrogens (tertiary/aromatic N) is 1. The summed E-state index contributed by atoms with van der Waals surface area (Å²) in [6, 6.07) is 13.4. The summed E-state index contributed by atoms with van der Waals surface area (Å²) in [6.45, 7) is 1.62. The van der Waals surface area contributed by atoms with Gasteiger partial charge in [-0.1, -0.05) is 36.4 Å². The van der Waals surface area contributed by atoms with Gasteiger partial charge in [-0.2, -0.15) is 0 Å². The largest absolute Gasteiger partial charge is 0.270 e. The van der Waals surface area contributed by atoms with Crippen LogP contribution in [0.2, 0.25) is 0 Å². The molecular formula is C16H16N2O4S. The van der Waals surface area contributed by atoms with Gasteiger partial charge in [-0.05, 0) is 24.5 Å². The normalized spacial score (nSPS) is 20.2. The van der Waals surface area contributed by atoms with Crippen molar-refractivity contribution in [3.05, 3.63) is 69.8 Å². The van der Waals surface area contributed by atoms with Gasteiger partial charge in [0.1, 0.15) is 0 Å². The molecule has 120 valence electrons. The molecule has 3 rings (SSSR count). The molecule has 6 nitrogen and oxygen atoms in total. The molecule has 0 aromatic heterocycles. The quantitative estimate of drug-likeness (QED) is 0.673. The van der Waals surface area contributed by atoms with Gasteiger partial charge in [0.05, 0.1) is 9.82 Å². The molecule has 2 aromatic rings. The van der Waals surface area contributed by atoms with Crippen LogP contribution < -0.4 is 4.72 Å². The van der Waals surface area contributed by atoms with Crippen LogP contribution in [0, 0.1) is 17.0 Å². The topological polar surface area (TPSA) is 89.3 Å². The van der Waals surface area contributed by atoms with E-state index in [2.05, 4.69) is 4.72 Å². The van der Waals surface area contributed by atoms with Crippen LogP contribution in [0.15, 0.2) is 53.4 Å². The minimum absolute atomic E-state index is 0.0367. The predicted molar refractivity (Wildman–Crippen MR) is 85.7 cm³/mol. The van der Waals surface area contributed by atoms with Crippen LogP contribution in [-0.2, 0) is 10.0 Å². The zero-order chi connectivity index (χ0) is 16.6. The van der Waals surface area contributed by atoms with Crippen LogP contribution in [0.3, 0.4) is 0 Å². The van der Waals surface area contributed by atoms with Gasteiger partial charge >= 0.3 is 0 Å². The summed E-state index contributed by atoms with van der Waals surface area (Å²) in [5, 5.41) is 10.9. The van der Waals surface area contributed by atoms with Crippen molar-refractivity contribution < 1.29 is 13.3 Å². The second-order valence-electron chi connectivity index (χ2n) is 5.69. The Morgan fingerprint density at radius 2 is 1.87 bits per heavy atom. The lowest BCUT2D eigenvalue weighted by atomic mass is 10.1. The molecule has 0 unspecified atom stereocenters. The molecule has 0 radical (unpaired) electrons. The summed E-state index contributed by atoms with van der Waals surface area (Å²) < 4.78 is 27.7. The Balaban J connectivity index is 1.81. The van der Waals surface area contributed by atoms with E-state index in [-0.39, 0.29) is 22.5 Å². The van der Waals surface area contributed by atoms with Gasteiger partial charge < -0.3 is 0 Å². The molecule has 1 fully saturated rings. The zero-order valence-corrected chi connectivity index (χ0v) is 13.3. The number of hydrogen-bond acceptors (Lipinski definition) is 4. The SMILES string of the molecule is Cc1ccc([N+](=O)[O-])cc1S(=O)(=O)N[C@@H]1C[C@@H]1c1ccccc1. The summed E-state index contributed by atoms with van der Waals surface area (Å²) in [6.07, 6.45) is 0.733. The number of nitro benzene ring substituents is 1. The van der Waals surface area contributed by atoms with Gasteiger partial charge in [0.2, 0.25) is 10.0 Å². The highest BCUT2D eigenvalue weighted by molar-refractivity contribution is 7.89. The van der Waals surface area contributed by atoms with Gasteiger partial charge in [-0.25, -0.2) is 13.1 Å². The fourth-order valence-corrected chi connectivity index (χ4v) is 4.20. The monoisotopic (exact) mass is 332 g/mol. The number of benzene rings is 2. The molecular weight excluding hydrogens is 316 g/mol. The van der Waals surface area contributed by atoms with Gasteiger partial charge in [0.15, 0.2) is 0 Å². The van der Waals surface area contributed by atoms with Crippen molar-refractivity contribution in [1.82, 2.24) is 4.72 Å². The molecule has 1 aliphatic rings. The first-order valence-corrected chi connectivity index (χ1v) is 8.69. The fourth-order valence-electron chi connectivity index (χ4n) is 2.65. The third kappa shape index (κ3) is 3.25. The molecule has 1 saturated carbocycles. The first-order valence-electron chi connectivity index (χ1n) is 7.21. The third-order valence-corrected chi connectivity index (χ3v) is 5.63. The van der Waals surface area contributed by atoms with E-state index < -0.39 is 14.9 Å². The van der Waals surface area contributed by atoms with Crippen LogP contribution in [0.1, 0.15) is 23.5 Å². The molecule has 0 saturated heterocycles. The van der Waals surface area contributed by atoms with Crippen molar-refractivity contribution in [3.63, 3.8) is 0 Å². The Morgan fingerprint density at radius 1 is 1.17 bits per heavy atom. The second kappa shape index (κ2) is 5.75. The van der Waals surface area contributed by atoms with Crippen molar-refractivity contribution in [2.45, 2.75) is 30.2 Å². The Bertz CT molecular complexity index is 850. The van der Waals surface area contributed by atoms with Crippen molar-refractivity contribution in [3.8, 4) is 0 Å². The van der Waals surface area contributed by atoms with Gasteiger partial charge in [0.25, 0.3) is 5.69 Å². The van der Waals surface area contributed by atoms with Crippen LogP contribution >= 0.6 is 0 Å². The van der Waals surface area contributed by atoms with Crippen LogP contribution in [0.5, 0.6) is 0 Å². The highest BCUT2D eigenvalue weighted by Crippen LogP contribution is 2.41. The lowest BCUT2D eigenvalue weighted by molar-refractivity contribution is -0.385. The zero-order valence-electron chi connectivity index (χ0n) is 12.5. The number of non-ortho nitro benzene ring substituents is 1. The maximum Gasteiger partial charge on any atom is 0.270 e. The highest BCUT2D eigenvalue weighted by Gasteiger charge is 2.41. The summed E-state index contributed by atoms with van der Waals surface area (Å²) in [5.74, 6) is 0.157. The highest BCUT2D eigenvalue weighted by atomic mass is 32.2. The average molecular weight is 332 g/mol. The fraction of sp³-hybridized carbons (Fsp3) is 0.250. The first kappa shape index (κ1) is 15.6.